The summed E-state index contributed by atoms with van der Waals surface area (Å²) in [7, 11) is 1.68. The van der Waals surface area contributed by atoms with Crippen LogP contribution < -0.4 is 5.32 Å². The molecule has 102 valence electrons. The second kappa shape index (κ2) is 7.19. The van der Waals surface area contributed by atoms with Crippen LogP contribution in [0.4, 0.5) is 0 Å². The Balaban J connectivity index is 2.14. The molecule has 1 aromatic carbocycles. The molecule has 0 saturated carbocycles. The van der Waals surface area contributed by atoms with Gasteiger partial charge in [0.15, 0.2) is 12.2 Å². The van der Waals surface area contributed by atoms with Crippen molar-refractivity contribution in [3.8, 4) is 11.3 Å². The Labute approximate surface area is 128 Å². The maximum absolute atomic E-state index is 5.50. The topological polar surface area (TPSA) is 47.3 Å². The van der Waals surface area contributed by atoms with E-state index in [1.807, 2.05) is 18.2 Å². The molecule has 19 heavy (non-hydrogen) atoms. The lowest BCUT2D eigenvalue weighted by atomic mass is 10.1. The normalized spacial score (nSPS) is 10.9. The largest absolute Gasteiger partial charge is 0.443 e. The lowest BCUT2D eigenvalue weighted by Crippen LogP contribution is -2.19. The van der Waals surface area contributed by atoms with Gasteiger partial charge in [0.1, 0.15) is 5.69 Å². The van der Waals surface area contributed by atoms with Crippen molar-refractivity contribution in [2.75, 3.05) is 20.3 Å². The monoisotopic (exact) mass is 388 g/mol. The smallest absolute Gasteiger partial charge is 0.181 e. The number of halogens is 2. The molecule has 2 aromatic rings. The molecule has 4 nitrogen and oxygen atoms in total. The van der Waals surface area contributed by atoms with E-state index in [1.54, 1.807) is 7.11 Å². The average molecular weight is 390 g/mol. The second-order valence-corrected chi connectivity index (χ2v) is 5.69. The molecule has 2 rings (SSSR count). The number of methoxy groups -OCH3 is 1. The van der Waals surface area contributed by atoms with Gasteiger partial charge in [0, 0.05) is 34.7 Å². The summed E-state index contributed by atoms with van der Waals surface area (Å²) in [5, 5.41) is 3.26. The Morgan fingerprint density at radius 2 is 2.21 bits per heavy atom. The van der Waals surface area contributed by atoms with Crippen LogP contribution in [0.15, 0.2) is 38.0 Å². The minimum Gasteiger partial charge on any atom is -0.443 e. The van der Waals surface area contributed by atoms with Gasteiger partial charge in [0.25, 0.3) is 0 Å². The van der Waals surface area contributed by atoms with E-state index in [0.717, 1.165) is 32.5 Å². The predicted molar refractivity (Wildman–Crippen MR) is 80.9 cm³/mol. The molecule has 0 amide bonds. The standard InChI is InChI=1S/C13H14Br2N2O2/c1-18-5-4-16-7-12-13(19-8-17-12)10-3-2-9(14)6-11(10)15/h2-3,6,8,16H,4-5,7H2,1H3. The van der Waals surface area contributed by atoms with E-state index >= 15 is 0 Å². The molecule has 0 bridgehead atoms. The van der Waals surface area contributed by atoms with Crippen molar-refractivity contribution in [2.45, 2.75) is 6.54 Å². The maximum Gasteiger partial charge on any atom is 0.181 e. The lowest BCUT2D eigenvalue weighted by Gasteiger charge is -2.05. The van der Waals surface area contributed by atoms with Crippen molar-refractivity contribution in [3.63, 3.8) is 0 Å². The van der Waals surface area contributed by atoms with Gasteiger partial charge in [0.05, 0.1) is 6.61 Å². The van der Waals surface area contributed by atoms with Gasteiger partial charge in [0.2, 0.25) is 0 Å². The Morgan fingerprint density at radius 3 is 2.95 bits per heavy atom. The van der Waals surface area contributed by atoms with E-state index in [9.17, 15) is 0 Å². The van der Waals surface area contributed by atoms with E-state index in [1.165, 1.54) is 6.39 Å². The molecule has 0 aliphatic heterocycles. The number of aromatic nitrogens is 1. The van der Waals surface area contributed by atoms with Crippen LogP contribution in [-0.4, -0.2) is 25.2 Å². The Bertz CT molecular complexity index is 543. The lowest BCUT2D eigenvalue weighted by molar-refractivity contribution is 0.199. The quantitative estimate of drug-likeness (QED) is 0.766. The van der Waals surface area contributed by atoms with E-state index in [2.05, 4.69) is 42.2 Å². The van der Waals surface area contributed by atoms with Crippen molar-refractivity contribution in [1.82, 2.24) is 10.3 Å². The number of nitrogens with zero attached hydrogens (tertiary/aromatic N) is 1. The van der Waals surface area contributed by atoms with Crippen molar-refractivity contribution in [3.05, 3.63) is 39.2 Å². The molecule has 1 heterocycles. The fourth-order valence-corrected chi connectivity index (χ4v) is 2.90. The summed E-state index contributed by atoms with van der Waals surface area (Å²) in [5.41, 5.74) is 1.88. The van der Waals surface area contributed by atoms with Gasteiger partial charge in [-0.2, -0.15) is 0 Å². The summed E-state index contributed by atoms with van der Waals surface area (Å²) < 4.78 is 12.5. The third-order valence-electron chi connectivity index (χ3n) is 2.59. The Hall–Kier alpha value is -0.690. The summed E-state index contributed by atoms with van der Waals surface area (Å²) in [6.07, 6.45) is 1.47. The molecule has 0 saturated heterocycles. The third kappa shape index (κ3) is 3.89. The van der Waals surface area contributed by atoms with Gasteiger partial charge in [-0.1, -0.05) is 15.9 Å². The summed E-state index contributed by atoms with van der Waals surface area (Å²) in [6, 6.07) is 5.96. The van der Waals surface area contributed by atoms with Crippen LogP contribution >= 0.6 is 31.9 Å². The molecule has 0 atom stereocenters. The molecular formula is C13H14Br2N2O2. The summed E-state index contributed by atoms with van der Waals surface area (Å²) in [6.45, 7) is 2.11. The van der Waals surface area contributed by atoms with Crippen molar-refractivity contribution >= 4 is 31.9 Å². The minimum atomic E-state index is 0.650. The summed E-state index contributed by atoms with van der Waals surface area (Å²) >= 11 is 6.97. The molecular weight excluding hydrogens is 376 g/mol. The number of hydrogen-bond donors (Lipinski definition) is 1. The van der Waals surface area contributed by atoms with Crippen molar-refractivity contribution < 1.29 is 9.15 Å². The number of benzene rings is 1. The van der Waals surface area contributed by atoms with E-state index < -0.39 is 0 Å². The second-order valence-electron chi connectivity index (χ2n) is 3.92. The van der Waals surface area contributed by atoms with Crippen LogP contribution in [0.3, 0.4) is 0 Å². The zero-order chi connectivity index (χ0) is 13.7. The minimum absolute atomic E-state index is 0.650. The first kappa shape index (κ1) is 14.7. The molecule has 0 radical (unpaired) electrons. The number of nitrogens with one attached hydrogen (secondary N) is 1. The van der Waals surface area contributed by atoms with Crippen molar-refractivity contribution in [1.29, 1.82) is 0 Å². The number of hydrogen-bond acceptors (Lipinski definition) is 4. The van der Waals surface area contributed by atoms with Gasteiger partial charge in [-0.3, -0.25) is 0 Å². The highest BCUT2D eigenvalue weighted by Gasteiger charge is 2.13. The molecule has 0 aliphatic carbocycles. The van der Waals surface area contributed by atoms with Crippen LogP contribution in [0.5, 0.6) is 0 Å². The van der Waals surface area contributed by atoms with E-state index in [-0.39, 0.29) is 0 Å². The first-order valence-corrected chi connectivity index (χ1v) is 7.38. The van der Waals surface area contributed by atoms with E-state index in [0.29, 0.717) is 13.2 Å². The highest BCUT2D eigenvalue weighted by Crippen LogP contribution is 2.32. The average Bonchev–Trinajstić information content (AvgIpc) is 2.83. The van der Waals surface area contributed by atoms with Crippen LogP contribution in [0.25, 0.3) is 11.3 Å². The molecule has 1 aromatic heterocycles. The molecule has 0 spiro atoms. The van der Waals surface area contributed by atoms with E-state index in [4.69, 9.17) is 9.15 Å². The molecule has 6 heteroatoms. The SMILES string of the molecule is COCCNCc1ncoc1-c1ccc(Br)cc1Br. The zero-order valence-corrected chi connectivity index (χ0v) is 13.6. The van der Waals surface area contributed by atoms with Crippen molar-refractivity contribution in [2.24, 2.45) is 0 Å². The third-order valence-corrected chi connectivity index (χ3v) is 3.74. The first-order chi connectivity index (χ1) is 9.22. The van der Waals surface area contributed by atoms with Gasteiger partial charge in [-0.25, -0.2) is 4.98 Å². The summed E-state index contributed by atoms with van der Waals surface area (Å²) in [5.74, 6) is 0.782. The fraction of sp³-hybridized carbons (Fsp3) is 0.308. The zero-order valence-electron chi connectivity index (χ0n) is 10.5. The van der Waals surface area contributed by atoms with Gasteiger partial charge < -0.3 is 14.5 Å². The number of oxazole rings is 1. The van der Waals surface area contributed by atoms with Crippen LogP contribution in [-0.2, 0) is 11.3 Å². The highest BCUT2D eigenvalue weighted by molar-refractivity contribution is 9.11. The predicted octanol–water partition coefficient (Wildman–Crippen LogP) is 3.60. The van der Waals surface area contributed by atoms with Crippen LogP contribution in [0.1, 0.15) is 5.69 Å². The Morgan fingerprint density at radius 1 is 1.37 bits per heavy atom. The number of ether oxygens (including phenoxy) is 1. The Kier molecular flexibility index (Phi) is 5.57. The van der Waals surface area contributed by atoms with Crippen LogP contribution in [0, 0.1) is 0 Å². The summed E-state index contributed by atoms with van der Waals surface area (Å²) in [4.78, 5) is 4.25. The first-order valence-electron chi connectivity index (χ1n) is 5.80. The maximum atomic E-state index is 5.50. The molecule has 0 unspecified atom stereocenters. The fourth-order valence-electron chi connectivity index (χ4n) is 1.67. The van der Waals surface area contributed by atoms with Gasteiger partial charge >= 0.3 is 0 Å². The molecule has 0 fully saturated rings. The molecule has 0 aliphatic rings. The van der Waals surface area contributed by atoms with Gasteiger partial charge in [-0.05, 0) is 34.1 Å². The van der Waals surface area contributed by atoms with Crippen LogP contribution in [0.2, 0.25) is 0 Å². The highest BCUT2D eigenvalue weighted by atomic mass is 79.9. The molecule has 1 N–H and O–H groups in total. The van der Waals surface area contributed by atoms with Gasteiger partial charge in [-0.15, -0.1) is 0 Å². The number of rotatable bonds is 6.